The normalized spacial score (nSPS) is 18.8. The van der Waals surface area contributed by atoms with Crippen LogP contribution in [-0.4, -0.2) is 21.7 Å². The molecule has 1 unspecified atom stereocenters. The van der Waals surface area contributed by atoms with Gasteiger partial charge in [0.2, 0.25) is 5.91 Å². The Morgan fingerprint density at radius 1 is 1.56 bits per heavy atom. The first-order chi connectivity index (χ1) is 7.66. The van der Waals surface area contributed by atoms with Gasteiger partial charge >= 0.3 is 0 Å². The SMILES string of the molecule is NC(=O)C(N)Cc1ccn(C2CCCC2)n1. The maximum atomic E-state index is 10.8. The number of amides is 1. The molecule has 5 nitrogen and oxygen atoms in total. The Labute approximate surface area is 94.8 Å². The van der Waals surface area contributed by atoms with Crippen LogP contribution in [0.2, 0.25) is 0 Å². The molecule has 0 saturated heterocycles. The van der Waals surface area contributed by atoms with Crippen molar-refractivity contribution in [2.75, 3.05) is 0 Å². The lowest BCUT2D eigenvalue weighted by molar-refractivity contribution is -0.119. The Morgan fingerprint density at radius 2 is 2.25 bits per heavy atom. The Hall–Kier alpha value is -1.36. The third kappa shape index (κ3) is 2.41. The van der Waals surface area contributed by atoms with Crippen LogP contribution in [0.1, 0.15) is 37.4 Å². The van der Waals surface area contributed by atoms with Crippen molar-refractivity contribution in [3.8, 4) is 0 Å². The summed E-state index contributed by atoms with van der Waals surface area (Å²) in [5.41, 5.74) is 11.5. The molecule has 1 atom stereocenters. The van der Waals surface area contributed by atoms with Gasteiger partial charge in [-0.3, -0.25) is 9.48 Å². The molecule has 1 aromatic rings. The van der Waals surface area contributed by atoms with Crippen molar-refractivity contribution in [2.24, 2.45) is 11.5 Å². The van der Waals surface area contributed by atoms with E-state index in [0.717, 1.165) is 5.69 Å². The number of aromatic nitrogens is 2. The van der Waals surface area contributed by atoms with Crippen LogP contribution >= 0.6 is 0 Å². The average molecular weight is 222 g/mol. The summed E-state index contributed by atoms with van der Waals surface area (Å²) in [6, 6.07) is 1.81. The van der Waals surface area contributed by atoms with E-state index >= 15 is 0 Å². The van der Waals surface area contributed by atoms with Gasteiger partial charge in [0.15, 0.2) is 0 Å². The molecular formula is C11H18N4O. The summed E-state index contributed by atoms with van der Waals surface area (Å²) in [5.74, 6) is -0.476. The molecule has 0 radical (unpaired) electrons. The first-order valence-corrected chi connectivity index (χ1v) is 5.76. The molecule has 0 bridgehead atoms. The Bertz CT molecular complexity index is 368. The van der Waals surface area contributed by atoms with Crippen LogP contribution in [0, 0.1) is 0 Å². The van der Waals surface area contributed by atoms with Crippen LogP contribution < -0.4 is 11.5 Å². The van der Waals surface area contributed by atoms with Crippen molar-refractivity contribution in [3.05, 3.63) is 18.0 Å². The summed E-state index contributed by atoms with van der Waals surface area (Å²) in [7, 11) is 0. The summed E-state index contributed by atoms with van der Waals surface area (Å²) in [5, 5.41) is 4.44. The quantitative estimate of drug-likeness (QED) is 0.770. The van der Waals surface area contributed by atoms with Gasteiger partial charge < -0.3 is 11.5 Å². The summed E-state index contributed by atoms with van der Waals surface area (Å²) in [6.45, 7) is 0. The number of hydrogen-bond acceptors (Lipinski definition) is 3. The first kappa shape index (κ1) is 11.1. The van der Waals surface area contributed by atoms with Gasteiger partial charge in [-0.15, -0.1) is 0 Å². The second-order valence-corrected chi connectivity index (χ2v) is 4.44. The molecule has 1 aromatic heterocycles. The molecule has 2 rings (SSSR count). The number of primary amides is 1. The lowest BCUT2D eigenvalue weighted by Gasteiger charge is -2.09. The van der Waals surface area contributed by atoms with Crippen LogP contribution in [0.5, 0.6) is 0 Å². The zero-order chi connectivity index (χ0) is 11.5. The van der Waals surface area contributed by atoms with Gasteiger partial charge in [0.1, 0.15) is 0 Å². The van der Waals surface area contributed by atoms with Gasteiger partial charge in [0.25, 0.3) is 0 Å². The largest absolute Gasteiger partial charge is 0.368 e. The molecule has 0 aromatic carbocycles. The molecule has 1 heterocycles. The van der Waals surface area contributed by atoms with Crippen molar-refractivity contribution in [1.29, 1.82) is 0 Å². The topological polar surface area (TPSA) is 86.9 Å². The molecule has 0 spiro atoms. The van der Waals surface area contributed by atoms with E-state index in [2.05, 4.69) is 5.10 Å². The molecule has 4 N–H and O–H groups in total. The summed E-state index contributed by atoms with van der Waals surface area (Å²) in [6.07, 6.45) is 7.35. The molecule has 1 fully saturated rings. The Kier molecular flexibility index (Phi) is 3.24. The van der Waals surface area contributed by atoms with Gasteiger partial charge in [-0.1, -0.05) is 12.8 Å². The lowest BCUT2D eigenvalue weighted by Crippen LogP contribution is -2.38. The van der Waals surface area contributed by atoms with Crippen LogP contribution in [0.15, 0.2) is 12.3 Å². The lowest BCUT2D eigenvalue weighted by atomic mass is 10.1. The van der Waals surface area contributed by atoms with Gasteiger partial charge in [-0.25, -0.2) is 0 Å². The highest BCUT2D eigenvalue weighted by Crippen LogP contribution is 2.28. The minimum atomic E-state index is -0.632. The number of nitrogens with zero attached hydrogens (tertiary/aromatic N) is 2. The van der Waals surface area contributed by atoms with Crippen molar-refractivity contribution in [1.82, 2.24) is 9.78 Å². The van der Waals surface area contributed by atoms with Crippen molar-refractivity contribution in [2.45, 2.75) is 44.2 Å². The van der Waals surface area contributed by atoms with Gasteiger partial charge in [-0.2, -0.15) is 5.10 Å². The standard InChI is InChI=1S/C11H18N4O/c12-10(11(13)16)7-8-5-6-15(14-8)9-3-1-2-4-9/h5-6,9-10H,1-4,7,12H2,(H2,13,16). The highest BCUT2D eigenvalue weighted by Gasteiger charge is 2.18. The Morgan fingerprint density at radius 3 is 2.88 bits per heavy atom. The van der Waals surface area contributed by atoms with E-state index in [9.17, 15) is 4.79 Å². The molecule has 0 aliphatic heterocycles. The van der Waals surface area contributed by atoms with Gasteiger partial charge in [-0.05, 0) is 18.9 Å². The number of rotatable bonds is 4. The number of nitrogens with two attached hydrogens (primary N) is 2. The highest BCUT2D eigenvalue weighted by atomic mass is 16.1. The maximum Gasteiger partial charge on any atom is 0.234 e. The van der Waals surface area contributed by atoms with E-state index in [-0.39, 0.29) is 0 Å². The predicted molar refractivity (Wildman–Crippen MR) is 60.6 cm³/mol. The molecule has 1 amide bonds. The Balaban J connectivity index is 1.99. The van der Waals surface area contributed by atoms with E-state index in [0.29, 0.717) is 12.5 Å². The van der Waals surface area contributed by atoms with Crippen LogP contribution in [0.4, 0.5) is 0 Å². The average Bonchev–Trinajstić information content (AvgIpc) is 2.85. The maximum absolute atomic E-state index is 10.8. The van der Waals surface area contributed by atoms with Crippen molar-refractivity contribution in [3.63, 3.8) is 0 Å². The van der Waals surface area contributed by atoms with E-state index in [1.54, 1.807) is 0 Å². The molecule has 16 heavy (non-hydrogen) atoms. The van der Waals surface area contributed by atoms with Crippen LogP contribution in [-0.2, 0) is 11.2 Å². The molecule has 1 aliphatic rings. The number of hydrogen-bond donors (Lipinski definition) is 2. The first-order valence-electron chi connectivity index (χ1n) is 5.76. The van der Waals surface area contributed by atoms with Crippen LogP contribution in [0.25, 0.3) is 0 Å². The zero-order valence-electron chi connectivity index (χ0n) is 9.30. The van der Waals surface area contributed by atoms with Gasteiger partial charge in [0, 0.05) is 12.6 Å². The summed E-state index contributed by atoms with van der Waals surface area (Å²) >= 11 is 0. The second kappa shape index (κ2) is 4.65. The van der Waals surface area contributed by atoms with Crippen molar-refractivity contribution >= 4 is 5.91 Å². The van der Waals surface area contributed by atoms with Crippen LogP contribution in [0.3, 0.4) is 0 Å². The number of carbonyl (C=O) groups excluding carboxylic acids is 1. The predicted octanol–water partition coefficient (Wildman–Crippen LogP) is 0.353. The fraction of sp³-hybridized carbons (Fsp3) is 0.636. The van der Waals surface area contributed by atoms with E-state index < -0.39 is 11.9 Å². The fourth-order valence-corrected chi connectivity index (χ4v) is 2.18. The number of carbonyl (C=O) groups is 1. The third-order valence-corrected chi connectivity index (χ3v) is 3.16. The smallest absolute Gasteiger partial charge is 0.234 e. The summed E-state index contributed by atoms with van der Waals surface area (Å²) < 4.78 is 2.00. The van der Waals surface area contributed by atoms with E-state index in [1.807, 2.05) is 16.9 Å². The summed E-state index contributed by atoms with van der Waals surface area (Å²) in [4.78, 5) is 10.8. The minimum absolute atomic E-state index is 0.426. The molecule has 88 valence electrons. The molecule has 1 saturated carbocycles. The second-order valence-electron chi connectivity index (χ2n) is 4.44. The zero-order valence-corrected chi connectivity index (χ0v) is 9.30. The molecule has 5 heteroatoms. The minimum Gasteiger partial charge on any atom is -0.368 e. The highest BCUT2D eigenvalue weighted by molar-refractivity contribution is 5.79. The van der Waals surface area contributed by atoms with E-state index in [4.69, 9.17) is 11.5 Å². The monoisotopic (exact) mass is 222 g/mol. The van der Waals surface area contributed by atoms with Crippen molar-refractivity contribution < 1.29 is 4.79 Å². The van der Waals surface area contributed by atoms with Gasteiger partial charge in [0.05, 0.1) is 17.8 Å². The molecular weight excluding hydrogens is 204 g/mol. The molecule has 1 aliphatic carbocycles. The fourth-order valence-electron chi connectivity index (χ4n) is 2.18. The van der Waals surface area contributed by atoms with E-state index in [1.165, 1.54) is 25.7 Å². The third-order valence-electron chi connectivity index (χ3n) is 3.16.